The SMILES string of the molecule is CCn1nccc1C(=O)N1CCCn2nc(-c3ccc(OC)c(OC)c3)cc2C1. The van der Waals surface area contributed by atoms with Crippen LogP contribution >= 0.6 is 0 Å². The van der Waals surface area contributed by atoms with Crippen molar-refractivity contribution in [3.8, 4) is 22.8 Å². The van der Waals surface area contributed by atoms with Gasteiger partial charge < -0.3 is 14.4 Å². The Kier molecular flexibility index (Phi) is 5.24. The van der Waals surface area contributed by atoms with E-state index in [0.29, 0.717) is 36.8 Å². The lowest BCUT2D eigenvalue weighted by atomic mass is 10.1. The third-order valence-electron chi connectivity index (χ3n) is 5.22. The van der Waals surface area contributed by atoms with Gasteiger partial charge in [0.05, 0.1) is 32.2 Å². The molecule has 8 nitrogen and oxygen atoms in total. The molecule has 1 aromatic carbocycles. The predicted octanol–water partition coefficient (Wildman–Crippen LogP) is 2.83. The first-order valence-electron chi connectivity index (χ1n) is 9.74. The molecule has 0 atom stereocenters. The predicted molar refractivity (Wildman–Crippen MR) is 108 cm³/mol. The summed E-state index contributed by atoms with van der Waals surface area (Å²) in [5, 5.41) is 8.99. The first kappa shape index (κ1) is 19.0. The van der Waals surface area contributed by atoms with Crippen LogP contribution in [0.3, 0.4) is 0 Å². The van der Waals surface area contributed by atoms with Gasteiger partial charge in [-0.25, -0.2) is 0 Å². The Morgan fingerprint density at radius 3 is 2.69 bits per heavy atom. The molecule has 1 aliphatic heterocycles. The zero-order chi connectivity index (χ0) is 20.4. The summed E-state index contributed by atoms with van der Waals surface area (Å²) in [4.78, 5) is 14.9. The molecule has 0 radical (unpaired) electrons. The normalized spacial score (nSPS) is 13.7. The Bertz CT molecular complexity index is 1020. The molecule has 0 N–H and O–H groups in total. The van der Waals surface area contributed by atoms with Gasteiger partial charge >= 0.3 is 0 Å². The van der Waals surface area contributed by atoms with E-state index in [1.165, 1.54) is 0 Å². The van der Waals surface area contributed by atoms with Gasteiger partial charge in [-0.3, -0.25) is 14.2 Å². The van der Waals surface area contributed by atoms with Gasteiger partial charge in [0.1, 0.15) is 5.69 Å². The van der Waals surface area contributed by atoms with Crippen LogP contribution in [0.2, 0.25) is 0 Å². The molecule has 1 amide bonds. The van der Waals surface area contributed by atoms with Crippen molar-refractivity contribution < 1.29 is 14.3 Å². The number of aryl methyl sites for hydroxylation is 2. The topological polar surface area (TPSA) is 74.4 Å². The van der Waals surface area contributed by atoms with Crippen LogP contribution in [0.1, 0.15) is 29.5 Å². The van der Waals surface area contributed by atoms with E-state index in [-0.39, 0.29) is 5.91 Å². The van der Waals surface area contributed by atoms with E-state index >= 15 is 0 Å². The van der Waals surface area contributed by atoms with E-state index in [1.807, 2.05) is 40.8 Å². The fourth-order valence-electron chi connectivity index (χ4n) is 3.70. The van der Waals surface area contributed by atoms with E-state index in [1.54, 1.807) is 31.2 Å². The minimum absolute atomic E-state index is 0.00617. The zero-order valence-electron chi connectivity index (χ0n) is 17.0. The summed E-state index contributed by atoms with van der Waals surface area (Å²) >= 11 is 0. The molecule has 0 fully saturated rings. The summed E-state index contributed by atoms with van der Waals surface area (Å²) < 4.78 is 14.5. The molecular weight excluding hydrogens is 370 g/mol. The molecule has 4 rings (SSSR count). The molecule has 0 bridgehead atoms. The lowest BCUT2D eigenvalue weighted by Crippen LogP contribution is -2.32. The van der Waals surface area contributed by atoms with Crippen molar-refractivity contribution in [3.63, 3.8) is 0 Å². The number of ether oxygens (including phenoxy) is 2. The van der Waals surface area contributed by atoms with E-state index < -0.39 is 0 Å². The fraction of sp³-hybridized carbons (Fsp3) is 0.381. The largest absolute Gasteiger partial charge is 0.493 e. The van der Waals surface area contributed by atoms with Crippen LogP contribution < -0.4 is 9.47 Å². The molecule has 1 aliphatic rings. The Balaban J connectivity index is 1.61. The molecule has 2 aromatic heterocycles. The van der Waals surface area contributed by atoms with Gasteiger partial charge in [-0.1, -0.05) is 0 Å². The number of carbonyl (C=O) groups is 1. The number of fused-ring (bicyclic) bond motifs is 1. The Morgan fingerprint density at radius 1 is 1.10 bits per heavy atom. The Morgan fingerprint density at radius 2 is 1.93 bits per heavy atom. The van der Waals surface area contributed by atoms with E-state index in [2.05, 4.69) is 5.10 Å². The highest BCUT2D eigenvalue weighted by molar-refractivity contribution is 5.92. The maximum atomic E-state index is 13.0. The minimum Gasteiger partial charge on any atom is -0.493 e. The number of nitrogens with zero attached hydrogens (tertiary/aromatic N) is 5. The number of aromatic nitrogens is 4. The van der Waals surface area contributed by atoms with Crippen LogP contribution in [-0.4, -0.2) is 51.1 Å². The van der Waals surface area contributed by atoms with Crippen molar-refractivity contribution in [1.29, 1.82) is 0 Å². The maximum absolute atomic E-state index is 13.0. The van der Waals surface area contributed by atoms with Crippen molar-refractivity contribution >= 4 is 5.91 Å². The second-order valence-corrected chi connectivity index (χ2v) is 6.93. The molecule has 0 saturated heterocycles. The summed E-state index contributed by atoms with van der Waals surface area (Å²) in [6.45, 7) is 4.65. The molecule has 0 unspecified atom stereocenters. The van der Waals surface area contributed by atoms with Crippen LogP contribution in [-0.2, 0) is 19.6 Å². The van der Waals surface area contributed by atoms with Gasteiger partial charge in [-0.15, -0.1) is 0 Å². The van der Waals surface area contributed by atoms with Crippen molar-refractivity contribution in [3.05, 3.63) is 47.9 Å². The third kappa shape index (κ3) is 3.57. The van der Waals surface area contributed by atoms with Crippen LogP contribution in [0.15, 0.2) is 36.5 Å². The van der Waals surface area contributed by atoms with Gasteiger partial charge in [-0.05, 0) is 43.7 Å². The lowest BCUT2D eigenvalue weighted by molar-refractivity contribution is 0.0733. The third-order valence-corrected chi connectivity index (χ3v) is 5.22. The molecular formula is C21H25N5O3. The lowest BCUT2D eigenvalue weighted by Gasteiger charge is -2.20. The average Bonchev–Trinajstić information content (AvgIpc) is 3.34. The Hall–Kier alpha value is -3.29. The highest BCUT2D eigenvalue weighted by Gasteiger charge is 2.24. The maximum Gasteiger partial charge on any atom is 0.272 e. The number of hydrogen-bond acceptors (Lipinski definition) is 5. The number of methoxy groups -OCH3 is 2. The number of rotatable bonds is 5. The van der Waals surface area contributed by atoms with Crippen molar-refractivity contribution in [1.82, 2.24) is 24.5 Å². The molecule has 0 spiro atoms. The van der Waals surface area contributed by atoms with Crippen molar-refractivity contribution in [2.45, 2.75) is 33.0 Å². The summed E-state index contributed by atoms with van der Waals surface area (Å²) in [7, 11) is 3.24. The van der Waals surface area contributed by atoms with E-state index in [4.69, 9.17) is 14.6 Å². The summed E-state index contributed by atoms with van der Waals surface area (Å²) in [6, 6.07) is 9.59. The Labute approximate surface area is 169 Å². The minimum atomic E-state index is 0.00617. The summed E-state index contributed by atoms with van der Waals surface area (Å²) in [5.74, 6) is 1.35. The second kappa shape index (κ2) is 7.98. The van der Waals surface area contributed by atoms with Gasteiger partial charge in [-0.2, -0.15) is 10.2 Å². The smallest absolute Gasteiger partial charge is 0.272 e. The van der Waals surface area contributed by atoms with Crippen LogP contribution in [0.4, 0.5) is 0 Å². The highest BCUT2D eigenvalue weighted by atomic mass is 16.5. The highest BCUT2D eigenvalue weighted by Crippen LogP contribution is 2.32. The van der Waals surface area contributed by atoms with Crippen molar-refractivity contribution in [2.24, 2.45) is 0 Å². The van der Waals surface area contributed by atoms with Gasteiger partial charge in [0.25, 0.3) is 5.91 Å². The first-order valence-corrected chi connectivity index (χ1v) is 9.74. The van der Waals surface area contributed by atoms with Crippen LogP contribution in [0, 0.1) is 0 Å². The first-order chi connectivity index (χ1) is 14.1. The number of carbonyl (C=O) groups excluding carboxylic acids is 1. The molecule has 0 saturated carbocycles. The number of hydrogen-bond donors (Lipinski definition) is 0. The number of amides is 1. The van der Waals surface area contributed by atoms with Crippen LogP contribution in [0.25, 0.3) is 11.3 Å². The quantitative estimate of drug-likeness (QED) is 0.664. The van der Waals surface area contributed by atoms with Gasteiger partial charge in [0.2, 0.25) is 0 Å². The average molecular weight is 395 g/mol. The number of benzene rings is 1. The van der Waals surface area contributed by atoms with Crippen LogP contribution in [0.5, 0.6) is 11.5 Å². The van der Waals surface area contributed by atoms with Crippen molar-refractivity contribution in [2.75, 3.05) is 20.8 Å². The van der Waals surface area contributed by atoms with E-state index in [0.717, 1.165) is 29.9 Å². The molecule has 3 heterocycles. The fourth-order valence-corrected chi connectivity index (χ4v) is 3.70. The molecule has 0 aliphatic carbocycles. The summed E-state index contributed by atoms with van der Waals surface area (Å²) in [5.41, 5.74) is 3.45. The molecule has 3 aromatic rings. The molecule has 8 heteroatoms. The molecule has 152 valence electrons. The molecule has 29 heavy (non-hydrogen) atoms. The monoisotopic (exact) mass is 395 g/mol. The standard InChI is InChI=1S/C21H25N5O3/c1-4-25-18(8-9-22-25)21(27)24-10-5-11-26-16(14-24)13-17(23-26)15-6-7-19(28-2)20(12-15)29-3/h6-9,12-13H,4-5,10-11,14H2,1-3H3. The van der Waals surface area contributed by atoms with Gasteiger partial charge in [0.15, 0.2) is 11.5 Å². The summed E-state index contributed by atoms with van der Waals surface area (Å²) in [6.07, 6.45) is 2.53. The zero-order valence-corrected chi connectivity index (χ0v) is 17.0. The van der Waals surface area contributed by atoms with E-state index in [9.17, 15) is 4.79 Å². The van der Waals surface area contributed by atoms with Gasteiger partial charge in [0, 0.05) is 31.4 Å². The second-order valence-electron chi connectivity index (χ2n) is 6.93.